The van der Waals surface area contributed by atoms with E-state index in [1.165, 1.54) is 0 Å². The van der Waals surface area contributed by atoms with Crippen LogP contribution in [-0.4, -0.2) is 49.2 Å². The van der Waals surface area contributed by atoms with Crippen molar-refractivity contribution in [3.05, 3.63) is 70.7 Å². The standard InChI is InChI=1S/C23H27ClNO4/c1-2-28-22(26)17-25(14-8-9-15-25)16-21(18-10-4-3-5-11-18)29-23(27)19-12-6-7-13-20(19)24/h3-7,10-13,21H,2,8-9,14-17H2,1H3/q+1. The molecular formula is C23H27ClNO4+. The number of hydrogen-bond donors (Lipinski definition) is 0. The zero-order chi connectivity index (χ0) is 20.7. The lowest BCUT2D eigenvalue weighted by Crippen LogP contribution is -2.52. The van der Waals surface area contributed by atoms with Gasteiger partial charge in [-0.2, -0.15) is 0 Å². The molecule has 1 fully saturated rings. The van der Waals surface area contributed by atoms with Gasteiger partial charge in [0.2, 0.25) is 0 Å². The molecule has 2 aromatic carbocycles. The lowest BCUT2D eigenvalue weighted by Gasteiger charge is -2.36. The Morgan fingerprint density at radius 3 is 2.34 bits per heavy atom. The smallest absolute Gasteiger partial charge is 0.361 e. The molecule has 3 rings (SSSR count). The van der Waals surface area contributed by atoms with Gasteiger partial charge in [0.25, 0.3) is 0 Å². The molecule has 1 heterocycles. The molecule has 0 saturated carbocycles. The van der Waals surface area contributed by atoms with Gasteiger partial charge >= 0.3 is 11.9 Å². The van der Waals surface area contributed by atoms with Crippen molar-refractivity contribution < 1.29 is 23.5 Å². The molecule has 6 heteroatoms. The normalized spacial score (nSPS) is 16.2. The molecule has 0 N–H and O–H groups in total. The van der Waals surface area contributed by atoms with Crippen molar-refractivity contribution in [1.82, 2.24) is 0 Å². The van der Waals surface area contributed by atoms with Crippen LogP contribution in [0.3, 0.4) is 0 Å². The fourth-order valence-corrected chi connectivity index (χ4v) is 4.15. The quantitative estimate of drug-likeness (QED) is 0.472. The molecule has 0 amide bonds. The third kappa shape index (κ3) is 5.58. The Kier molecular flexibility index (Phi) is 7.29. The van der Waals surface area contributed by atoms with E-state index < -0.39 is 12.1 Å². The van der Waals surface area contributed by atoms with Gasteiger partial charge in [0, 0.05) is 12.8 Å². The van der Waals surface area contributed by atoms with E-state index in [-0.39, 0.29) is 5.97 Å². The lowest BCUT2D eigenvalue weighted by atomic mass is 10.1. The number of likely N-dealkylation sites (tertiary alicyclic amines) is 1. The van der Waals surface area contributed by atoms with Gasteiger partial charge in [0.15, 0.2) is 12.6 Å². The first-order valence-electron chi connectivity index (χ1n) is 10.0. The molecule has 5 nitrogen and oxygen atoms in total. The Hall–Kier alpha value is -2.37. The first-order valence-corrected chi connectivity index (χ1v) is 10.4. The van der Waals surface area contributed by atoms with E-state index in [0.717, 1.165) is 31.5 Å². The maximum Gasteiger partial charge on any atom is 0.361 e. The summed E-state index contributed by atoms with van der Waals surface area (Å²) in [7, 11) is 0. The van der Waals surface area contributed by atoms with Crippen molar-refractivity contribution in [3.63, 3.8) is 0 Å². The first kappa shape index (κ1) is 21.3. The van der Waals surface area contributed by atoms with Crippen LogP contribution >= 0.6 is 11.6 Å². The van der Waals surface area contributed by atoms with Gasteiger partial charge in [-0.3, -0.25) is 0 Å². The highest BCUT2D eigenvalue weighted by atomic mass is 35.5. The molecule has 0 aromatic heterocycles. The minimum Gasteiger partial charge on any atom is -0.462 e. The van der Waals surface area contributed by atoms with Crippen LogP contribution in [0.4, 0.5) is 0 Å². The molecule has 1 unspecified atom stereocenters. The van der Waals surface area contributed by atoms with E-state index in [9.17, 15) is 9.59 Å². The largest absolute Gasteiger partial charge is 0.462 e. The minimum absolute atomic E-state index is 0.210. The number of hydrogen-bond acceptors (Lipinski definition) is 4. The van der Waals surface area contributed by atoms with Gasteiger partial charge < -0.3 is 14.0 Å². The van der Waals surface area contributed by atoms with Crippen LogP contribution < -0.4 is 0 Å². The predicted molar refractivity (Wildman–Crippen MR) is 112 cm³/mol. The van der Waals surface area contributed by atoms with Crippen LogP contribution in [0.25, 0.3) is 0 Å². The van der Waals surface area contributed by atoms with Crippen LogP contribution in [0, 0.1) is 0 Å². The predicted octanol–water partition coefficient (Wildman–Crippen LogP) is 4.41. The average molecular weight is 417 g/mol. The summed E-state index contributed by atoms with van der Waals surface area (Å²) in [5.41, 5.74) is 1.25. The van der Waals surface area contributed by atoms with E-state index in [2.05, 4.69) is 0 Å². The van der Waals surface area contributed by atoms with Crippen molar-refractivity contribution in [2.24, 2.45) is 0 Å². The van der Waals surface area contributed by atoms with Gasteiger partial charge in [-0.25, -0.2) is 9.59 Å². The fourth-order valence-electron chi connectivity index (χ4n) is 3.94. The van der Waals surface area contributed by atoms with Crippen LogP contribution in [0.15, 0.2) is 54.6 Å². The van der Waals surface area contributed by atoms with Crippen LogP contribution in [0.5, 0.6) is 0 Å². The van der Waals surface area contributed by atoms with Crippen molar-refractivity contribution in [2.75, 3.05) is 32.8 Å². The summed E-state index contributed by atoms with van der Waals surface area (Å²) < 4.78 is 11.7. The summed E-state index contributed by atoms with van der Waals surface area (Å²) in [4.78, 5) is 25.1. The minimum atomic E-state index is -0.479. The highest BCUT2D eigenvalue weighted by Gasteiger charge is 2.39. The van der Waals surface area contributed by atoms with Crippen LogP contribution in [-0.2, 0) is 14.3 Å². The van der Waals surface area contributed by atoms with Crippen LogP contribution in [0.2, 0.25) is 5.02 Å². The van der Waals surface area contributed by atoms with Gasteiger partial charge in [-0.15, -0.1) is 0 Å². The molecular weight excluding hydrogens is 390 g/mol. The number of rotatable bonds is 8. The van der Waals surface area contributed by atoms with E-state index in [1.54, 1.807) is 24.3 Å². The Labute approximate surface area is 176 Å². The molecule has 0 bridgehead atoms. The average Bonchev–Trinajstić information content (AvgIpc) is 3.16. The Morgan fingerprint density at radius 2 is 1.69 bits per heavy atom. The van der Waals surface area contributed by atoms with Crippen molar-refractivity contribution in [2.45, 2.75) is 25.9 Å². The zero-order valence-electron chi connectivity index (χ0n) is 16.7. The fraction of sp³-hybridized carbons (Fsp3) is 0.391. The van der Waals surface area contributed by atoms with Gasteiger partial charge in [-0.05, 0) is 24.6 Å². The summed E-state index contributed by atoms with van der Waals surface area (Å²) in [6.45, 7) is 4.73. The SMILES string of the molecule is CCOC(=O)C[N+]1(CC(OC(=O)c2ccccc2Cl)c2ccccc2)CCCC1. The Bertz CT molecular complexity index is 834. The molecule has 29 heavy (non-hydrogen) atoms. The van der Waals surface area contributed by atoms with Crippen LogP contribution in [0.1, 0.15) is 41.8 Å². The zero-order valence-corrected chi connectivity index (χ0v) is 17.4. The number of ether oxygens (including phenoxy) is 2. The first-order chi connectivity index (χ1) is 14.0. The van der Waals surface area contributed by atoms with Gasteiger partial charge in [0.1, 0.15) is 6.54 Å². The van der Waals surface area contributed by atoms with Gasteiger partial charge in [0.05, 0.1) is 30.3 Å². The molecule has 1 atom stereocenters. The highest BCUT2D eigenvalue weighted by molar-refractivity contribution is 6.33. The summed E-state index contributed by atoms with van der Waals surface area (Å²) in [5, 5.41) is 0.362. The maximum absolute atomic E-state index is 12.8. The Balaban J connectivity index is 1.84. The Morgan fingerprint density at radius 1 is 1.03 bits per heavy atom. The van der Waals surface area contributed by atoms with Crippen molar-refractivity contribution >= 4 is 23.5 Å². The number of halogens is 1. The molecule has 2 aromatic rings. The van der Waals surface area contributed by atoms with E-state index >= 15 is 0 Å². The lowest BCUT2D eigenvalue weighted by molar-refractivity contribution is -0.913. The molecule has 154 valence electrons. The van der Waals surface area contributed by atoms with Crippen molar-refractivity contribution in [3.8, 4) is 0 Å². The monoisotopic (exact) mass is 416 g/mol. The third-order valence-electron chi connectivity index (χ3n) is 5.35. The number of nitrogens with zero attached hydrogens (tertiary/aromatic N) is 1. The highest BCUT2D eigenvalue weighted by Crippen LogP contribution is 2.29. The second kappa shape index (κ2) is 9.90. The topological polar surface area (TPSA) is 52.6 Å². The summed E-state index contributed by atoms with van der Waals surface area (Å²) in [6.07, 6.45) is 1.60. The second-order valence-corrected chi connectivity index (χ2v) is 7.83. The van der Waals surface area contributed by atoms with E-state index in [1.807, 2.05) is 37.3 Å². The second-order valence-electron chi connectivity index (χ2n) is 7.43. The molecule has 0 radical (unpaired) electrons. The summed E-state index contributed by atoms with van der Waals surface area (Å²) in [6, 6.07) is 16.5. The molecule has 0 aliphatic carbocycles. The molecule has 1 aliphatic rings. The molecule has 1 saturated heterocycles. The van der Waals surface area contributed by atoms with Crippen molar-refractivity contribution in [1.29, 1.82) is 0 Å². The molecule has 1 aliphatic heterocycles. The number of carbonyl (C=O) groups excluding carboxylic acids is 2. The number of benzene rings is 2. The van der Waals surface area contributed by atoms with E-state index in [0.29, 0.717) is 34.8 Å². The van der Waals surface area contributed by atoms with E-state index in [4.69, 9.17) is 21.1 Å². The molecule has 0 spiro atoms. The third-order valence-corrected chi connectivity index (χ3v) is 5.68. The summed E-state index contributed by atoms with van der Waals surface area (Å²) in [5.74, 6) is -0.670. The number of quaternary nitrogens is 1. The van der Waals surface area contributed by atoms with Gasteiger partial charge in [-0.1, -0.05) is 54.1 Å². The maximum atomic E-state index is 12.8. The number of carbonyl (C=O) groups is 2. The number of esters is 2. The summed E-state index contributed by atoms with van der Waals surface area (Å²) >= 11 is 6.18.